The van der Waals surface area contributed by atoms with Crippen LogP contribution in [0.5, 0.6) is 0 Å². The number of nitrogens with two attached hydrogens (primary N) is 1. The van der Waals surface area contributed by atoms with Gasteiger partial charge in [0.1, 0.15) is 5.03 Å². The molecule has 0 aromatic carbocycles. The minimum Gasteiger partial charge on any atom is -0.376 e. The first-order valence-electron chi connectivity index (χ1n) is 7.80. The Hall–Kier alpha value is -1.34. The van der Waals surface area contributed by atoms with E-state index in [4.69, 9.17) is 10.5 Å². The van der Waals surface area contributed by atoms with Gasteiger partial charge in [0, 0.05) is 17.9 Å². The number of aromatic nitrogens is 2. The van der Waals surface area contributed by atoms with E-state index in [-0.39, 0.29) is 23.5 Å². The van der Waals surface area contributed by atoms with E-state index in [0.717, 1.165) is 56.4 Å². The molecule has 1 aliphatic carbocycles. The van der Waals surface area contributed by atoms with Gasteiger partial charge in [0.25, 0.3) is 0 Å². The van der Waals surface area contributed by atoms with Crippen LogP contribution in [0, 0.1) is 0 Å². The summed E-state index contributed by atoms with van der Waals surface area (Å²) in [7, 11) is 0. The van der Waals surface area contributed by atoms with Crippen LogP contribution in [0.2, 0.25) is 0 Å². The maximum atomic E-state index is 12.4. The average molecular weight is 323 g/mol. The van der Waals surface area contributed by atoms with Crippen molar-refractivity contribution in [3.05, 3.63) is 21.7 Å². The minimum atomic E-state index is -0.389. The number of rotatable bonds is 5. The minimum absolute atomic E-state index is 0.120. The van der Waals surface area contributed by atoms with Gasteiger partial charge < -0.3 is 10.5 Å². The Morgan fingerprint density at radius 1 is 1.36 bits per heavy atom. The monoisotopic (exact) mass is 323 g/mol. The zero-order valence-corrected chi connectivity index (χ0v) is 13.4. The maximum absolute atomic E-state index is 12.4. The molecule has 1 fully saturated rings. The van der Waals surface area contributed by atoms with Crippen LogP contribution in [0.25, 0.3) is 0 Å². The van der Waals surface area contributed by atoms with E-state index in [0.29, 0.717) is 11.6 Å². The third-order valence-electron chi connectivity index (χ3n) is 4.21. The van der Waals surface area contributed by atoms with E-state index in [1.54, 1.807) is 4.57 Å². The number of carbonyl (C=O) groups excluding carboxylic acids is 1. The van der Waals surface area contributed by atoms with Crippen LogP contribution >= 0.6 is 11.8 Å². The van der Waals surface area contributed by atoms with Crippen LogP contribution in [-0.4, -0.2) is 33.9 Å². The first-order chi connectivity index (χ1) is 10.6. The molecule has 1 unspecified atom stereocenters. The highest BCUT2D eigenvalue weighted by Gasteiger charge is 2.24. The van der Waals surface area contributed by atoms with Crippen LogP contribution in [0.4, 0.5) is 0 Å². The van der Waals surface area contributed by atoms with Crippen molar-refractivity contribution >= 4 is 17.7 Å². The van der Waals surface area contributed by atoms with Crippen molar-refractivity contribution < 1.29 is 9.53 Å². The Bertz CT molecular complexity index is 623. The largest absolute Gasteiger partial charge is 0.376 e. The van der Waals surface area contributed by atoms with Gasteiger partial charge in [-0.05, 0) is 38.5 Å². The third-order valence-corrected chi connectivity index (χ3v) is 5.25. The smallest absolute Gasteiger partial charge is 0.348 e. The fourth-order valence-electron chi connectivity index (χ4n) is 3.19. The summed E-state index contributed by atoms with van der Waals surface area (Å²) in [4.78, 5) is 27.6. The highest BCUT2D eigenvalue weighted by Crippen LogP contribution is 2.28. The van der Waals surface area contributed by atoms with E-state index < -0.39 is 0 Å². The van der Waals surface area contributed by atoms with Gasteiger partial charge in [0.15, 0.2) is 0 Å². The molecule has 1 aliphatic heterocycles. The Balaban J connectivity index is 1.93. The first kappa shape index (κ1) is 15.6. The summed E-state index contributed by atoms with van der Waals surface area (Å²) in [6.07, 6.45) is 6.16. The molecule has 3 rings (SSSR count). The quantitative estimate of drug-likeness (QED) is 0.642. The number of ether oxygens (including phenoxy) is 1. The van der Waals surface area contributed by atoms with Crippen molar-refractivity contribution in [3.8, 4) is 0 Å². The highest BCUT2D eigenvalue weighted by molar-refractivity contribution is 7.99. The molecular weight excluding hydrogens is 302 g/mol. The van der Waals surface area contributed by atoms with E-state index in [2.05, 4.69) is 4.98 Å². The standard InChI is InChI=1S/C15H21N3O3S/c16-13(19)9-22-14-11-5-1-2-6-12(11)18(15(20)17-14)8-10-4-3-7-21-10/h10H,1-9H2,(H2,16,19). The van der Waals surface area contributed by atoms with E-state index in [1.165, 1.54) is 11.8 Å². The summed E-state index contributed by atoms with van der Waals surface area (Å²) >= 11 is 1.28. The summed E-state index contributed by atoms with van der Waals surface area (Å²) in [6, 6.07) is 0. The second-order valence-corrected chi connectivity index (χ2v) is 6.80. The van der Waals surface area contributed by atoms with Gasteiger partial charge in [-0.25, -0.2) is 4.79 Å². The Kier molecular flexibility index (Phi) is 4.83. The fourth-order valence-corrected chi connectivity index (χ4v) is 4.00. The van der Waals surface area contributed by atoms with Crippen LogP contribution < -0.4 is 11.4 Å². The van der Waals surface area contributed by atoms with E-state index in [9.17, 15) is 9.59 Å². The third kappa shape index (κ3) is 3.35. The van der Waals surface area contributed by atoms with Crippen molar-refractivity contribution in [1.82, 2.24) is 9.55 Å². The number of hydrogen-bond acceptors (Lipinski definition) is 5. The van der Waals surface area contributed by atoms with Crippen molar-refractivity contribution in [2.45, 2.75) is 56.2 Å². The molecule has 2 N–H and O–H groups in total. The van der Waals surface area contributed by atoms with E-state index in [1.807, 2.05) is 0 Å². The predicted octanol–water partition coefficient (Wildman–Crippen LogP) is 0.878. The molecule has 1 amide bonds. The van der Waals surface area contributed by atoms with E-state index >= 15 is 0 Å². The van der Waals surface area contributed by atoms with Gasteiger partial charge in [0.05, 0.1) is 18.4 Å². The van der Waals surface area contributed by atoms with Crippen LogP contribution in [0.3, 0.4) is 0 Å². The van der Waals surface area contributed by atoms with Crippen LogP contribution in [0.1, 0.15) is 36.9 Å². The normalized spacial score (nSPS) is 20.8. The number of thioether (sulfide) groups is 1. The SMILES string of the molecule is NC(=O)CSc1nc(=O)n(CC2CCCO2)c2c1CCCC2. The topological polar surface area (TPSA) is 87.2 Å². The maximum Gasteiger partial charge on any atom is 0.348 e. The molecule has 1 atom stereocenters. The summed E-state index contributed by atoms with van der Waals surface area (Å²) in [5.41, 5.74) is 7.17. The van der Waals surface area contributed by atoms with Crippen LogP contribution in [-0.2, 0) is 28.9 Å². The molecule has 0 spiro atoms. The number of carbonyl (C=O) groups is 1. The molecule has 6 nitrogen and oxygen atoms in total. The summed E-state index contributed by atoms with van der Waals surface area (Å²) in [5, 5.41) is 0.682. The molecule has 1 aromatic heterocycles. The number of nitrogens with zero attached hydrogens (tertiary/aromatic N) is 2. The van der Waals surface area contributed by atoms with Gasteiger partial charge in [0.2, 0.25) is 5.91 Å². The number of amides is 1. The lowest BCUT2D eigenvalue weighted by atomic mass is 9.97. The van der Waals surface area contributed by atoms with Gasteiger partial charge >= 0.3 is 5.69 Å². The molecular formula is C15H21N3O3S. The summed E-state index contributed by atoms with van der Waals surface area (Å²) < 4.78 is 7.45. The second kappa shape index (κ2) is 6.83. The molecule has 0 bridgehead atoms. The molecule has 2 heterocycles. The second-order valence-electron chi connectivity index (χ2n) is 5.83. The van der Waals surface area contributed by atoms with Crippen molar-refractivity contribution in [2.75, 3.05) is 12.4 Å². The zero-order chi connectivity index (χ0) is 15.5. The first-order valence-corrected chi connectivity index (χ1v) is 8.79. The average Bonchev–Trinajstić information content (AvgIpc) is 3.01. The molecule has 1 aromatic rings. The van der Waals surface area contributed by atoms with Gasteiger partial charge in [-0.3, -0.25) is 9.36 Å². The molecule has 0 radical (unpaired) electrons. The zero-order valence-electron chi connectivity index (χ0n) is 12.5. The summed E-state index contributed by atoms with van der Waals surface area (Å²) in [5.74, 6) is -0.228. The van der Waals surface area contributed by atoms with Crippen molar-refractivity contribution in [1.29, 1.82) is 0 Å². The Labute approximate surface area is 133 Å². The molecule has 22 heavy (non-hydrogen) atoms. The van der Waals surface area contributed by atoms with Gasteiger partial charge in [-0.1, -0.05) is 11.8 Å². The lowest BCUT2D eigenvalue weighted by molar-refractivity contribution is -0.115. The molecule has 7 heteroatoms. The Morgan fingerprint density at radius 3 is 2.91 bits per heavy atom. The predicted molar refractivity (Wildman–Crippen MR) is 84.0 cm³/mol. The number of fused-ring (bicyclic) bond motifs is 1. The van der Waals surface area contributed by atoms with Gasteiger partial charge in [-0.2, -0.15) is 4.98 Å². The molecule has 2 aliphatic rings. The number of primary amides is 1. The Morgan fingerprint density at radius 2 is 2.18 bits per heavy atom. The van der Waals surface area contributed by atoms with Crippen molar-refractivity contribution in [3.63, 3.8) is 0 Å². The lowest BCUT2D eigenvalue weighted by Gasteiger charge is -2.24. The van der Waals surface area contributed by atoms with Crippen LogP contribution in [0.15, 0.2) is 9.82 Å². The highest BCUT2D eigenvalue weighted by atomic mass is 32.2. The van der Waals surface area contributed by atoms with Gasteiger partial charge in [-0.15, -0.1) is 0 Å². The molecule has 1 saturated heterocycles. The number of hydrogen-bond donors (Lipinski definition) is 1. The fraction of sp³-hybridized carbons (Fsp3) is 0.667. The van der Waals surface area contributed by atoms with Crippen molar-refractivity contribution in [2.24, 2.45) is 5.73 Å². The lowest BCUT2D eigenvalue weighted by Crippen LogP contribution is -2.34. The summed E-state index contributed by atoms with van der Waals surface area (Å²) in [6.45, 7) is 1.37. The molecule has 120 valence electrons. The molecule has 0 saturated carbocycles.